The van der Waals surface area contributed by atoms with E-state index in [9.17, 15) is 4.79 Å². The summed E-state index contributed by atoms with van der Waals surface area (Å²) in [4.78, 5) is 16.9. The molecule has 1 fully saturated rings. The number of nitrogens with one attached hydrogen (secondary N) is 1. The van der Waals surface area contributed by atoms with Crippen molar-refractivity contribution in [3.8, 4) is 5.75 Å². The highest BCUT2D eigenvalue weighted by atomic mass is 35.5. The minimum absolute atomic E-state index is 0.0942. The number of hydrogen-bond acceptors (Lipinski definition) is 4. The molecule has 1 saturated heterocycles. The first kappa shape index (κ1) is 24.1. The molecule has 0 aliphatic carbocycles. The largest absolute Gasteiger partial charge is 0.492 e. The summed E-state index contributed by atoms with van der Waals surface area (Å²) in [6.07, 6.45) is 1.85. The summed E-state index contributed by atoms with van der Waals surface area (Å²) in [6, 6.07) is 11.0. The second-order valence-corrected chi connectivity index (χ2v) is 9.31. The van der Waals surface area contributed by atoms with Gasteiger partial charge in [0.25, 0.3) is 5.91 Å². The van der Waals surface area contributed by atoms with Crippen LogP contribution >= 0.6 is 34.8 Å². The normalized spacial score (nSPS) is 16.6. The van der Waals surface area contributed by atoms with Crippen LogP contribution in [-0.2, 0) is 6.54 Å². The van der Waals surface area contributed by atoms with Crippen molar-refractivity contribution in [2.45, 2.75) is 25.4 Å². The van der Waals surface area contributed by atoms with Gasteiger partial charge in [-0.1, -0.05) is 40.9 Å². The molecule has 0 saturated carbocycles. The molecule has 2 aromatic rings. The van der Waals surface area contributed by atoms with Crippen LogP contribution in [-0.4, -0.2) is 62.1 Å². The summed E-state index contributed by atoms with van der Waals surface area (Å²) in [6.45, 7) is 4.09. The second kappa shape index (κ2) is 11.4. The zero-order valence-electron chi connectivity index (χ0n) is 17.8. The van der Waals surface area contributed by atoms with Crippen molar-refractivity contribution < 1.29 is 9.53 Å². The third kappa shape index (κ3) is 7.26. The molecule has 1 aliphatic rings. The Morgan fingerprint density at radius 1 is 1.13 bits per heavy atom. The smallest absolute Gasteiger partial charge is 0.251 e. The van der Waals surface area contributed by atoms with Crippen LogP contribution in [0.3, 0.4) is 0 Å². The van der Waals surface area contributed by atoms with E-state index in [4.69, 9.17) is 39.5 Å². The molecule has 1 amide bonds. The molecule has 168 valence electrons. The SMILES string of the molecule is CN(C)CCCOc1ccc(CN2CC[C@H](NC(=O)c3ccc(Cl)c(Cl)c3)C2)cc1Cl. The Balaban J connectivity index is 1.47. The molecule has 2 aromatic carbocycles. The summed E-state index contributed by atoms with van der Waals surface area (Å²) >= 11 is 18.4. The van der Waals surface area contributed by atoms with Crippen LogP contribution in [0.4, 0.5) is 0 Å². The topological polar surface area (TPSA) is 44.8 Å². The number of hydrogen-bond donors (Lipinski definition) is 1. The molecule has 31 heavy (non-hydrogen) atoms. The Hall–Kier alpha value is -1.50. The van der Waals surface area contributed by atoms with Crippen LogP contribution in [0.15, 0.2) is 36.4 Å². The van der Waals surface area contributed by atoms with E-state index in [-0.39, 0.29) is 11.9 Å². The van der Waals surface area contributed by atoms with E-state index in [1.165, 1.54) is 0 Å². The van der Waals surface area contributed by atoms with E-state index in [0.717, 1.165) is 50.3 Å². The Morgan fingerprint density at radius 2 is 1.94 bits per heavy atom. The van der Waals surface area contributed by atoms with Crippen LogP contribution in [0.1, 0.15) is 28.8 Å². The Kier molecular flexibility index (Phi) is 8.87. The van der Waals surface area contributed by atoms with Gasteiger partial charge in [-0.05, 0) is 62.8 Å². The summed E-state index contributed by atoms with van der Waals surface area (Å²) in [5.41, 5.74) is 1.64. The van der Waals surface area contributed by atoms with Gasteiger partial charge in [-0.15, -0.1) is 0 Å². The average molecular weight is 485 g/mol. The highest BCUT2D eigenvalue weighted by molar-refractivity contribution is 6.42. The van der Waals surface area contributed by atoms with E-state index in [1.54, 1.807) is 18.2 Å². The lowest BCUT2D eigenvalue weighted by atomic mass is 10.2. The van der Waals surface area contributed by atoms with Crippen molar-refractivity contribution in [1.82, 2.24) is 15.1 Å². The molecule has 0 spiro atoms. The van der Waals surface area contributed by atoms with Crippen molar-refractivity contribution in [1.29, 1.82) is 0 Å². The second-order valence-electron chi connectivity index (χ2n) is 8.09. The fourth-order valence-electron chi connectivity index (χ4n) is 3.58. The Labute approximate surface area is 199 Å². The number of halogens is 3. The first-order chi connectivity index (χ1) is 14.8. The molecular weight excluding hydrogens is 457 g/mol. The third-order valence-corrected chi connectivity index (χ3v) is 6.23. The highest BCUT2D eigenvalue weighted by Crippen LogP contribution is 2.27. The minimum Gasteiger partial charge on any atom is -0.492 e. The standard InChI is InChI=1S/C23H28Cl3N3O2/c1-28(2)9-3-11-31-22-7-4-16(12-21(22)26)14-29-10-8-18(15-29)27-23(30)17-5-6-19(24)20(25)13-17/h4-7,12-13,18H,3,8-11,14-15H2,1-2H3,(H,27,30)/t18-/m0/s1. The lowest BCUT2D eigenvalue weighted by molar-refractivity contribution is 0.0937. The number of benzene rings is 2. The molecule has 8 heteroatoms. The molecule has 1 atom stereocenters. The van der Waals surface area contributed by atoms with Gasteiger partial charge in [0, 0.05) is 37.8 Å². The number of carbonyl (C=O) groups excluding carboxylic acids is 1. The van der Waals surface area contributed by atoms with Crippen LogP contribution < -0.4 is 10.1 Å². The summed E-state index contributed by atoms with van der Waals surface area (Å²) < 4.78 is 5.79. The van der Waals surface area contributed by atoms with Crippen LogP contribution in [0.2, 0.25) is 15.1 Å². The molecule has 1 aliphatic heterocycles. The lowest BCUT2D eigenvalue weighted by Gasteiger charge is -2.18. The average Bonchev–Trinajstić information content (AvgIpc) is 3.15. The fourth-order valence-corrected chi connectivity index (χ4v) is 4.14. The van der Waals surface area contributed by atoms with Gasteiger partial charge in [-0.3, -0.25) is 9.69 Å². The van der Waals surface area contributed by atoms with Crippen molar-refractivity contribution in [2.24, 2.45) is 0 Å². The minimum atomic E-state index is -0.135. The number of rotatable bonds is 9. The van der Waals surface area contributed by atoms with Crippen LogP contribution in [0.5, 0.6) is 5.75 Å². The van der Waals surface area contributed by atoms with Crippen molar-refractivity contribution in [3.63, 3.8) is 0 Å². The molecule has 1 heterocycles. The van der Waals surface area contributed by atoms with E-state index >= 15 is 0 Å². The highest BCUT2D eigenvalue weighted by Gasteiger charge is 2.24. The van der Waals surface area contributed by atoms with E-state index in [1.807, 2.05) is 26.2 Å². The summed E-state index contributed by atoms with van der Waals surface area (Å²) in [5, 5.41) is 4.53. The van der Waals surface area contributed by atoms with Crippen molar-refractivity contribution in [2.75, 3.05) is 40.3 Å². The van der Waals surface area contributed by atoms with Crippen molar-refractivity contribution >= 4 is 40.7 Å². The first-order valence-corrected chi connectivity index (χ1v) is 11.5. The monoisotopic (exact) mass is 483 g/mol. The summed E-state index contributed by atoms with van der Waals surface area (Å²) in [7, 11) is 4.09. The third-order valence-electron chi connectivity index (χ3n) is 5.20. The Bertz CT molecular complexity index is 908. The van der Waals surface area contributed by atoms with E-state index in [0.29, 0.717) is 27.2 Å². The fraction of sp³-hybridized carbons (Fsp3) is 0.435. The maximum absolute atomic E-state index is 12.5. The molecule has 3 rings (SSSR count). The molecule has 5 nitrogen and oxygen atoms in total. The number of carbonyl (C=O) groups is 1. The van der Waals surface area contributed by atoms with E-state index in [2.05, 4.69) is 21.2 Å². The number of likely N-dealkylation sites (tertiary alicyclic amines) is 1. The lowest BCUT2D eigenvalue weighted by Crippen LogP contribution is -2.37. The van der Waals surface area contributed by atoms with Crippen LogP contribution in [0, 0.1) is 0 Å². The molecule has 0 aromatic heterocycles. The first-order valence-electron chi connectivity index (χ1n) is 10.4. The molecule has 0 unspecified atom stereocenters. The Morgan fingerprint density at radius 3 is 2.65 bits per heavy atom. The van der Waals surface area contributed by atoms with Gasteiger partial charge in [0.05, 0.1) is 21.7 Å². The molecule has 1 N–H and O–H groups in total. The van der Waals surface area contributed by atoms with Gasteiger partial charge >= 0.3 is 0 Å². The molecule has 0 radical (unpaired) electrons. The van der Waals surface area contributed by atoms with E-state index < -0.39 is 0 Å². The van der Waals surface area contributed by atoms with Gasteiger partial charge in [-0.2, -0.15) is 0 Å². The predicted octanol–water partition coefficient (Wildman–Crippen LogP) is 4.98. The van der Waals surface area contributed by atoms with Crippen LogP contribution in [0.25, 0.3) is 0 Å². The maximum Gasteiger partial charge on any atom is 0.251 e. The number of amides is 1. The number of ether oxygens (including phenoxy) is 1. The zero-order chi connectivity index (χ0) is 22.4. The van der Waals surface area contributed by atoms with Crippen molar-refractivity contribution in [3.05, 3.63) is 62.6 Å². The molecule has 0 bridgehead atoms. The quantitative estimate of drug-likeness (QED) is 0.510. The summed E-state index contributed by atoms with van der Waals surface area (Å²) in [5.74, 6) is 0.585. The van der Waals surface area contributed by atoms with Gasteiger partial charge in [-0.25, -0.2) is 0 Å². The number of nitrogens with zero attached hydrogens (tertiary/aromatic N) is 2. The van der Waals surface area contributed by atoms with Gasteiger partial charge < -0.3 is 15.0 Å². The van der Waals surface area contributed by atoms with Gasteiger partial charge in [0.1, 0.15) is 5.75 Å². The van der Waals surface area contributed by atoms with Gasteiger partial charge in [0.15, 0.2) is 0 Å². The maximum atomic E-state index is 12.5. The zero-order valence-corrected chi connectivity index (χ0v) is 20.1. The molecular formula is C23H28Cl3N3O2. The predicted molar refractivity (Wildman–Crippen MR) is 128 cm³/mol. The van der Waals surface area contributed by atoms with Gasteiger partial charge in [0.2, 0.25) is 0 Å².